The number of nitrogens with zero attached hydrogens (tertiary/aromatic N) is 2. The zero-order valence-electron chi connectivity index (χ0n) is 14.2. The molecule has 7 heteroatoms. The molecule has 3 aromatic rings. The molecule has 26 heavy (non-hydrogen) atoms. The number of aryl methyl sites for hydroxylation is 2. The number of carbonyl (C=O) groups excluding carboxylic acids is 1. The summed E-state index contributed by atoms with van der Waals surface area (Å²) in [6.45, 7) is 3.91. The van der Waals surface area contributed by atoms with Crippen LogP contribution >= 0.6 is 23.2 Å². The first-order chi connectivity index (χ1) is 12.4. The number of anilines is 3. The van der Waals surface area contributed by atoms with Gasteiger partial charge in [0.1, 0.15) is 5.69 Å². The highest BCUT2D eigenvalue weighted by molar-refractivity contribution is 6.35. The number of nitrogens with one attached hydrogen (secondary N) is 2. The van der Waals surface area contributed by atoms with Crippen molar-refractivity contribution < 1.29 is 4.79 Å². The van der Waals surface area contributed by atoms with Gasteiger partial charge >= 0.3 is 0 Å². The Hall–Kier alpha value is -2.63. The van der Waals surface area contributed by atoms with Crippen molar-refractivity contribution in [1.29, 1.82) is 0 Å². The van der Waals surface area contributed by atoms with Crippen LogP contribution in [0.3, 0.4) is 0 Å². The molecule has 0 saturated heterocycles. The van der Waals surface area contributed by atoms with Gasteiger partial charge in [-0.2, -0.15) is 0 Å². The lowest BCUT2D eigenvalue weighted by Crippen LogP contribution is -2.15. The fourth-order valence-corrected chi connectivity index (χ4v) is 2.88. The Kier molecular flexibility index (Phi) is 5.40. The van der Waals surface area contributed by atoms with Crippen molar-refractivity contribution in [2.24, 2.45) is 0 Å². The molecule has 0 atom stereocenters. The molecule has 0 fully saturated rings. The molecule has 1 heterocycles. The number of rotatable bonds is 4. The molecule has 5 nitrogen and oxygen atoms in total. The molecular formula is C19H16Cl2N4O. The first-order valence-corrected chi connectivity index (χ1v) is 8.61. The lowest BCUT2D eigenvalue weighted by atomic mass is 10.1. The highest BCUT2D eigenvalue weighted by Crippen LogP contribution is 2.24. The number of aromatic nitrogens is 2. The van der Waals surface area contributed by atoms with Gasteiger partial charge in [-0.15, -0.1) is 0 Å². The van der Waals surface area contributed by atoms with Gasteiger partial charge in [0, 0.05) is 27.6 Å². The third-order valence-corrected chi connectivity index (χ3v) is 4.08. The largest absolute Gasteiger partial charge is 0.324 e. The fraction of sp³-hybridized carbons (Fsp3) is 0.105. The van der Waals surface area contributed by atoms with Crippen molar-refractivity contribution in [2.45, 2.75) is 13.8 Å². The predicted molar refractivity (Wildman–Crippen MR) is 106 cm³/mol. The summed E-state index contributed by atoms with van der Waals surface area (Å²) in [6, 6.07) is 12.4. The SMILES string of the molecule is Cc1ccc(C)c(NC(=O)c2ccnc(Nc3cc(Cl)cc(Cl)c3)n2)c1. The summed E-state index contributed by atoms with van der Waals surface area (Å²) in [6.07, 6.45) is 1.51. The Morgan fingerprint density at radius 1 is 1.00 bits per heavy atom. The van der Waals surface area contributed by atoms with Gasteiger partial charge in [-0.05, 0) is 55.3 Å². The number of amides is 1. The minimum absolute atomic E-state index is 0.247. The minimum atomic E-state index is -0.312. The van der Waals surface area contributed by atoms with Gasteiger partial charge in [-0.3, -0.25) is 4.79 Å². The highest BCUT2D eigenvalue weighted by atomic mass is 35.5. The van der Waals surface area contributed by atoms with Gasteiger partial charge < -0.3 is 10.6 Å². The molecule has 0 unspecified atom stereocenters. The second-order valence-electron chi connectivity index (χ2n) is 5.82. The van der Waals surface area contributed by atoms with Crippen molar-refractivity contribution in [3.05, 3.63) is 75.5 Å². The zero-order chi connectivity index (χ0) is 18.7. The van der Waals surface area contributed by atoms with E-state index >= 15 is 0 Å². The molecule has 0 radical (unpaired) electrons. The smallest absolute Gasteiger partial charge is 0.274 e. The van der Waals surface area contributed by atoms with Crippen molar-refractivity contribution in [1.82, 2.24) is 9.97 Å². The van der Waals surface area contributed by atoms with Crippen LogP contribution in [0.4, 0.5) is 17.3 Å². The van der Waals surface area contributed by atoms with Crippen molar-refractivity contribution in [2.75, 3.05) is 10.6 Å². The van der Waals surface area contributed by atoms with E-state index in [9.17, 15) is 4.79 Å². The third-order valence-electron chi connectivity index (χ3n) is 3.65. The molecule has 2 aromatic carbocycles. The van der Waals surface area contributed by atoms with E-state index in [1.54, 1.807) is 24.3 Å². The third kappa shape index (κ3) is 4.50. The number of halogens is 2. The van der Waals surface area contributed by atoms with Gasteiger partial charge in [0.15, 0.2) is 0 Å². The van der Waals surface area contributed by atoms with Crippen LogP contribution in [0.25, 0.3) is 0 Å². The van der Waals surface area contributed by atoms with Gasteiger partial charge in [-0.25, -0.2) is 9.97 Å². The van der Waals surface area contributed by atoms with E-state index in [0.29, 0.717) is 15.7 Å². The first kappa shape index (κ1) is 18.2. The van der Waals surface area contributed by atoms with Gasteiger partial charge in [-0.1, -0.05) is 35.3 Å². The van der Waals surface area contributed by atoms with Gasteiger partial charge in [0.25, 0.3) is 5.91 Å². The maximum absolute atomic E-state index is 12.5. The van der Waals surface area contributed by atoms with Crippen molar-refractivity contribution in [3.63, 3.8) is 0 Å². The van der Waals surface area contributed by atoms with Crippen LogP contribution in [0, 0.1) is 13.8 Å². The van der Waals surface area contributed by atoms with Crippen LogP contribution in [0.1, 0.15) is 21.6 Å². The highest BCUT2D eigenvalue weighted by Gasteiger charge is 2.11. The molecule has 2 N–H and O–H groups in total. The van der Waals surface area contributed by atoms with Crippen LogP contribution < -0.4 is 10.6 Å². The number of hydrogen-bond donors (Lipinski definition) is 2. The van der Waals surface area contributed by atoms with E-state index < -0.39 is 0 Å². The number of hydrogen-bond acceptors (Lipinski definition) is 4. The molecule has 3 rings (SSSR count). The molecular weight excluding hydrogens is 371 g/mol. The summed E-state index contributed by atoms with van der Waals surface area (Å²) in [5.74, 6) is -0.0368. The Bertz CT molecular complexity index is 955. The van der Waals surface area contributed by atoms with E-state index in [0.717, 1.165) is 16.8 Å². The van der Waals surface area contributed by atoms with Crippen LogP contribution in [-0.4, -0.2) is 15.9 Å². The van der Waals surface area contributed by atoms with Crippen LogP contribution in [0.5, 0.6) is 0 Å². The summed E-state index contributed by atoms with van der Waals surface area (Å²) in [5.41, 5.74) is 3.68. The first-order valence-electron chi connectivity index (χ1n) is 7.85. The minimum Gasteiger partial charge on any atom is -0.324 e. The quantitative estimate of drug-likeness (QED) is 0.629. The molecule has 0 aliphatic heterocycles. The van der Waals surface area contributed by atoms with Crippen LogP contribution in [0.2, 0.25) is 10.0 Å². The van der Waals surface area contributed by atoms with Gasteiger partial charge in [0.2, 0.25) is 5.95 Å². The maximum atomic E-state index is 12.5. The average Bonchev–Trinajstić information content (AvgIpc) is 2.57. The Balaban J connectivity index is 1.80. The number of benzene rings is 2. The Morgan fingerprint density at radius 3 is 2.46 bits per heavy atom. The molecule has 132 valence electrons. The average molecular weight is 387 g/mol. The topological polar surface area (TPSA) is 66.9 Å². The number of carbonyl (C=O) groups is 1. The fourth-order valence-electron chi connectivity index (χ4n) is 2.36. The summed E-state index contributed by atoms with van der Waals surface area (Å²) in [4.78, 5) is 20.9. The lowest BCUT2D eigenvalue weighted by Gasteiger charge is -2.10. The molecule has 0 aliphatic rings. The monoisotopic (exact) mass is 386 g/mol. The van der Waals surface area contributed by atoms with Crippen molar-refractivity contribution >= 4 is 46.4 Å². The molecule has 0 aliphatic carbocycles. The van der Waals surface area contributed by atoms with E-state index in [-0.39, 0.29) is 17.5 Å². The second-order valence-corrected chi connectivity index (χ2v) is 6.69. The summed E-state index contributed by atoms with van der Waals surface area (Å²) in [7, 11) is 0. The molecule has 0 bridgehead atoms. The summed E-state index contributed by atoms with van der Waals surface area (Å²) in [5, 5.41) is 6.85. The standard InChI is InChI=1S/C19H16Cl2N4O/c1-11-3-4-12(2)17(7-11)24-18(26)16-5-6-22-19(25-16)23-15-9-13(20)8-14(21)10-15/h3-10H,1-2H3,(H,24,26)(H,22,23,25). The van der Waals surface area contributed by atoms with E-state index in [1.165, 1.54) is 6.20 Å². The second kappa shape index (κ2) is 7.72. The van der Waals surface area contributed by atoms with Crippen molar-refractivity contribution in [3.8, 4) is 0 Å². The normalized spacial score (nSPS) is 10.5. The molecule has 1 aromatic heterocycles. The predicted octanol–water partition coefficient (Wildman–Crippen LogP) is 5.40. The zero-order valence-corrected chi connectivity index (χ0v) is 15.7. The summed E-state index contributed by atoms with van der Waals surface area (Å²) < 4.78 is 0. The maximum Gasteiger partial charge on any atom is 0.274 e. The van der Waals surface area contributed by atoms with Crippen LogP contribution in [-0.2, 0) is 0 Å². The van der Waals surface area contributed by atoms with E-state index in [4.69, 9.17) is 23.2 Å². The summed E-state index contributed by atoms with van der Waals surface area (Å²) >= 11 is 12.0. The van der Waals surface area contributed by atoms with Crippen LogP contribution in [0.15, 0.2) is 48.7 Å². The Morgan fingerprint density at radius 2 is 1.73 bits per heavy atom. The lowest BCUT2D eigenvalue weighted by molar-refractivity contribution is 0.102. The molecule has 0 saturated carbocycles. The van der Waals surface area contributed by atoms with E-state index in [2.05, 4.69) is 20.6 Å². The van der Waals surface area contributed by atoms with Gasteiger partial charge in [0.05, 0.1) is 0 Å². The molecule has 1 amide bonds. The molecule has 0 spiro atoms. The van der Waals surface area contributed by atoms with E-state index in [1.807, 2.05) is 32.0 Å². The Labute approximate surface area is 161 Å².